The highest BCUT2D eigenvalue weighted by atomic mass is 31.0. The molecule has 0 amide bonds. The summed E-state index contributed by atoms with van der Waals surface area (Å²) in [7, 11) is 1.30. The molecule has 0 nitrogen and oxygen atoms in total. The summed E-state index contributed by atoms with van der Waals surface area (Å²) < 4.78 is 0. The second kappa shape index (κ2) is 3.08. The van der Waals surface area contributed by atoms with Crippen LogP contribution in [-0.4, -0.2) is 0 Å². The van der Waals surface area contributed by atoms with Crippen molar-refractivity contribution in [1.29, 1.82) is 0 Å². The maximum Gasteiger partial charge on any atom is 0.0103 e. The highest BCUT2D eigenvalue weighted by Crippen LogP contribution is 2.31. The lowest BCUT2D eigenvalue weighted by Crippen LogP contribution is -1.70. The van der Waals surface area contributed by atoms with Gasteiger partial charge in [-0.25, -0.2) is 0 Å². The van der Waals surface area contributed by atoms with Crippen molar-refractivity contribution >= 4 is 29.2 Å². The van der Waals surface area contributed by atoms with Crippen molar-refractivity contribution in [2.45, 2.75) is 0 Å². The summed E-state index contributed by atoms with van der Waals surface area (Å²) in [4.78, 5) is 0. The van der Waals surface area contributed by atoms with Gasteiger partial charge in [-0.2, -0.15) is 0 Å². The van der Waals surface area contributed by atoms with Gasteiger partial charge in [-0.3, -0.25) is 0 Å². The van der Waals surface area contributed by atoms with E-state index >= 15 is 0 Å². The Bertz CT molecular complexity index is 494. The van der Waals surface area contributed by atoms with Gasteiger partial charge in [-0.1, -0.05) is 38.5 Å². The molecule has 3 aromatic rings. The summed E-state index contributed by atoms with van der Waals surface area (Å²) in [5.74, 6) is 0. The van der Waals surface area contributed by atoms with Gasteiger partial charge >= 0.3 is 0 Å². The standard InChI is InChI=1S/C13H8P/c1-3-7-12-10(5-1)9-11-6-2-4-8-13(11)14-12/h1-5,7-9H. The van der Waals surface area contributed by atoms with Crippen molar-refractivity contribution in [2.75, 3.05) is 0 Å². The van der Waals surface area contributed by atoms with Gasteiger partial charge in [0.2, 0.25) is 0 Å². The molecule has 0 bridgehead atoms. The molecular weight excluding hydrogens is 187 g/mol. The summed E-state index contributed by atoms with van der Waals surface area (Å²) >= 11 is 0. The first-order chi connectivity index (χ1) is 6.93. The second-order valence-electron chi connectivity index (χ2n) is 3.28. The lowest BCUT2D eigenvalue weighted by Gasteiger charge is -1.99. The summed E-state index contributed by atoms with van der Waals surface area (Å²) in [5, 5.41) is 5.29. The molecule has 0 saturated carbocycles. The zero-order valence-corrected chi connectivity index (χ0v) is 8.46. The monoisotopic (exact) mass is 195 g/mol. The van der Waals surface area contributed by atoms with Gasteiger partial charge in [0.05, 0.1) is 0 Å². The molecule has 2 aromatic carbocycles. The first-order valence-corrected chi connectivity index (χ1v) is 5.49. The fraction of sp³-hybridized carbons (Fsp3) is 0. The molecule has 0 aliphatic rings. The highest BCUT2D eigenvalue weighted by Gasteiger charge is 1.96. The number of hydrogen-bond donors (Lipinski definition) is 0. The van der Waals surface area contributed by atoms with Crippen LogP contribution >= 0.6 is 8.19 Å². The lowest BCUT2D eigenvalue weighted by molar-refractivity contribution is 1.81. The largest absolute Gasteiger partial charge is 0.0616 e. The van der Waals surface area contributed by atoms with Gasteiger partial charge in [0, 0.05) is 10.2 Å². The van der Waals surface area contributed by atoms with Crippen molar-refractivity contribution < 1.29 is 0 Å². The third-order valence-corrected chi connectivity index (χ3v) is 3.62. The Hall–Kier alpha value is -1.39. The third-order valence-electron chi connectivity index (χ3n) is 2.34. The van der Waals surface area contributed by atoms with E-state index in [-0.39, 0.29) is 0 Å². The SMILES string of the molecule is [c]1cccc2pc3ccccc3cc12. The Labute approximate surface area is 84.3 Å². The molecule has 0 aliphatic heterocycles. The van der Waals surface area contributed by atoms with Gasteiger partial charge in [0.15, 0.2) is 0 Å². The van der Waals surface area contributed by atoms with Gasteiger partial charge in [-0.05, 0) is 35.0 Å². The van der Waals surface area contributed by atoms with Gasteiger partial charge in [0.1, 0.15) is 0 Å². The van der Waals surface area contributed by atoms with Crippen LogP contribution in [0.3, 0.4) is 0 Å². The van der Waals surface area contributed by atoms with E-state index in [1.807, 2.05) is 12.1 Å². The maximum atomic E-state index is 3.27. The summed E-state index contributed by atoms with van der Waals surface area (Å²) in [6.07, 6.45) is 0. The summed E-state index contributed by atoms with van der Waals surface area (Å²) in [6, 6.07) is 20.2. The van der Waals surface area contributed by atoms with Crippen LogP contribution in [-0.2, 0) is 0 Å². The Kier molecular flexibility index (Phi) is 1.75. The molecule has 3 rings (SSSR count). The number of rotatable bonds is 0. The van der Waals surface area contributed by atoms with Crippen LogP contribution in [0.15, 0.2) is 48.5 Å². The molecule has 0 atom stereocenters. The average molecular weight is 195 g/mol. The fourth-order valence-corrected chi connectivity index (χ4v) is 2.75. The average Bonchev–Trinajstić information content (AvgIpc) is 2.26. The van der Waals surface area contributed by atoms with Gasteiger partial charge < -0.3 is 0 Å². The van der Waals surface area contributed by atoms with Crippen molar-refractivity contribution in [3.63, 3.8) is 0 Å². The fourth-order valence-electron chi connectivity index (χ4n) is 1.65. The molecule has 0 N–H and O–H groups in total. The minimum atomic E-state index is 1.23. The second-order valence-corrected chi connectivity index (χ2v) is 4.47. The molecule has 1 radical (unpaired) electrons. The number of hydrogen-bond acceptors (Lipinski definition) is 0. The van der Waals surface area contributed by atoms with E-state index in [1.54, 1.807) is 0 Å². The quantitative estimate of drug-likeness (QED) is 0.467. The minimum absolute atomic E-state index is 1.23. The Balaban J connectivity index is 2.52. The summed E-state index contributed by atoms with van der Waals surface area (Å²) in [6.45, 7) is 0. The van der Waals surface area contributed by atoms with Gasteiger partial charge in [0.25, 0.3) is 0 Å². The number of benzene rings is 2. The van der Waals surface area contributed by atoms with E-state index in [4.69, 9.17) is 0 Å². The van der Waals surface area contributed by atoms with Crippen LogP contribution in [0.2, 0.25) is 0 Å². The van der Waals surface area contributed by atoms with Gasteiger partial charge in [-0.15, -0.1) is 0 Å². The molecule has 1 aromatic heterocycles. The van der Waals surface area contributed by atoms with Crippen LogP contribution in [0.25, 0.3) is 21.0 Å². The maximum absolute atomic E-state index is 3.27. The van der Waals surface area contributed by atoms with Crippen LogP contribution in [0, 0.1) is 6.07 Å². The zero-order valence-electron chi connectivity index (χ0n) is 7.57. The Morgan fingerprint density at radius 2 is 1.79 bits per heavy atom. The van der Waals surface area contributed by atoms with Crippen LogP contribution in [0.1, 0.15) is 0 Å². The molecule has 14 heavy (non-hydrogen) atoms. The summed E-state index contributed by atoms with van der Waals surface area (Å²) in [5.41, 5.74) is 0. The molecular formula is C13H8P. The number of fused-ring (bicyclic) bond motifs is 2. The van der Waals surface area contributed by atoms with Crippen molar-refractivity contribution in [3.8, 4) is 0 Å². The molecule has 0 unspecified atom stereocenters. The van der Waals surface area contributed by atoms with E-state index in [0.717, 1.165) is 0 Å². The Morgan fingerprint density at radius 1 is 0.929 bits per heavy atom. The van der Waals surface area contributed by atoms with Crippen molar-refractivity contribution in [3.05, 3.63) is 54.6 Å². The molecule has 1 heterocycles. The molecule has 0 fully saturated rings. The first-order valence-electron chi connectivity index (χ1n) is 4.60. The zero-order chi connectivity index (χ0) is 9.38. The lowest BCUT2D eigenvalue weighted by atomic mass is 10.2. The smallest absolute Gasteiger partial charge is 0.0103 e. The molecule has 0 spiro atoms. The predicted molar refractivity (Wildman–Crippen MR) is 62.8 cm³/mol. The van der Waals surface area contributed by atoms with Crippen LogP contribution in [0.4, 0.5) is 0 Å². The van der Waals surface area contributed by atoms with Crippen molar-refractivity contribution in [1.82, 2.24) is 0 Å². The van der Waals surface area contributed by atoms with E-state index in [0.29, 0.717) is 0 Å². The van der Waals surface area contributed by atoms with E-state index < -0.39 is 0 Å². The Morgan fingerprint density at radius 3 is 2.79 bits per heavy atom. The first kappa shape index (κ1) is 7.96. The third kappa shape index (κ3) is 1.20. The minimum Gasteiger partial charge on any atom is -0.0616 e. The normalized spacial score (nSPS) is 10.9. The van der Waals surface area contributed by atoms with E-state index in [2.05, 4.69) is 42.5 Å². The topological polar surface area (TPSA) is 0 Å². The molecule has 65 valence electrons. The molecule has 1 heteroatoms. The molecule has 0 saturated heterocycles. The van der Waals surface area contributed by atoms with Crippen LogP contribution < -0.4 is 0 Å². The predicted octanol–water partition coefficient (Wildman–Crippen LogP) is 4.37. The van der Waals surface area contributed by atoms with E-state index in [9.17, 15) is 0 Å². The van der Waals surface area contributed by atoms with Crippen molar-refractivity contribution in [2.24, 2.45) is 0 Å². The molecule has 0 aliphatic carbocycles. The van der Waals surface area contributed by atoms with Crippen LogP contribution in [0.5, 0.6) is 0 Å². The highest BCUT2D eigenvalue weighted by molar-refractivity contribution is 7.42. The van der Waals surface area contributed by atoms with E-state index in [1.165, 1.54) is 29.2 Å².